The van der Waals surface area contributed by atoms with Crippen LogP contribution in [0.4, 0.5) is 0 Å². The van der Waals surface area contributed by atoms with E-state index in [1.54, 1.807) is 12.4 Å². The SMILES string of the molecule is Cc1ccc(-c2cc(-c3ccc(C)cn3)c(-c3ccc(-c4cccnc4)cc3)cc2-c2ccc(-c3cccnc3)cc2)nc1. The smallest absolute Gasteiger partial charge is 0.0708 e. The molecule has 0 aliphatic rings. The fourth-order valence-corrected chi connectivity index (χ4v) is 5.51. The molecule has 44 heavy (non-hydrogen) atoms. The molecule has 0 radical (unpaired) electrons. The van der Waals surface area contributed by atoms with Crippen LogP contribution >= 0.6 is 0 Å². The fourth-order valence-electron chi connectivity index (χ4n) is 5.51. The van der Waals surface area contributed by atoms with Gasteiger partial charge in [0.2, 0.25) is 0 Å². The molecule has 4 heterocycles. The van der Waals surface area contributed by atoms with Crippen LogP contribution in [0.1, 0.15) is 11.1 Å². The Hall–Kier alpha value is -5.74. The van der Waals surface area contributed by atoms with Crippen LogP contribution in [0.25, 0.3) is 67.0 Å². The maximum atomic E-state index is 4.86. The van der Waals surface area contributed by atoms with Crippen LogP contribution in [0.15, 0.2) is 146 Å². The Morgan fingerprint density at radius 1 is 0.364 bits per heavy atom. The van der Waals surface area contributed by atoms with Gasteiger partial charge in [-0.05, 0) is 106 Å². The van der Waals surface area contributed by atoms with Gasteiger partial charge in [0.15, 0.2) is 0 Å². The molecule has 3 aromatic carbocycles. The molecular formula is C40H30N4. The molecule has 0 amide bonds. The lowest BCUT2D eigenvalue weighted by Gasteiger charge is -2.18. The molecule has 0 aliphatic carbocycles. The zero-order valence-corrected chi connectivity index (χ0v) is 24.6. The van der Waals surface area contributed by atoms with Crippen molar-refractivity contribution in [3.05, 3.63) is 158 Å². The van der Waals surface area contributed by atoms with E-state index in [0.717, 1.165) is 78.1 Å². The van der Waals surface area contributed by atoms with E-state index in [4.69, 9.17) is 9.97 Å². The van der Waals surface area contributed by atoms with Crippen molar-refractivity contribution in [2.75, 3.05) is 0 Å². The van der Waals surface area contributed by atoms with Crippen molar-refractivity contribution in [3.8, 4) is 67.0 Å². The summed E-state index contributed by atoms with van der Waals surface area (Å²) in [5.74, 6) is 0. The van der Waals surface area contributed by atoms with E-state index >= 15 is 0 Å². The summed E-state index contributed by atoms with van der Waals surface area (Å²) in [6.07, 6.45) is 11.3. The summed E-state index contributed by atoms with van der Waals surface area (Å²) in [7, 11) is 0. The van der Waals surface area contributed by atoms with E-state index in [0.29, 0.717) is 0 Å². The molecule has 0 saturated carbocycles. The molecule has 7 rings (SSSR count). The number of rotatable bonds is 6. The van der Waals surface area contributed by atoms with Gasteiger partial charge in [-0.1, -0.05) is 72.8 Å². The minimum absolute atomic E-state index is 0.925. The van der Waals surface area contributed by atoms with E-state index in [1.807, 2.05) is 36.9 Å². The lowest BCUT2D eigenvalue weighted by atomic mass is 9.87. The van der Waals surface area contributed by atoms with Crippen LogP contribution in [0.3, 0.4) is 0 Å². The number of benzene rings is 3. The van der Waals surface area contributed by atoms with Gasteiger partial charge >= 0.3 is 0 Å². The van der Waals surface area contributed by atoms with Gasteiger partial charge < -0.3 is 0 Å². The molecule has 0 spiro atoms. The number of hydrogen-bond donors (Lipinski definition) is 0. The molecule has 0 bridgehead atoms. The lowest BCUT2D eigenvalue weighted by Crippen LogP contribution is -1.95. The number of aromatic nitrogens is 4. The molecule has 0 saturated heterocycles. The predicted octanol–water partition coefficient (Wildman–Crippen LogP) is 9.89. The van der Waals surface area contributed by atoms with Crippen LogP contribution in [0.2, 0.25) is 0 Å². The Morgan fingerprint density at radius 3 is 1.14 bits per heavy atom. The van der Waals surface area contributed by atoms with Gasteiger partial charge in [0.05, 0.1) is 11.4 Å². The Balaban J connectivity index is 1.43. The maximum absolute atomic E-state index is 4.86. The molecule has 4 nitrogen and oxygen atoms in total. The number of aryl methyl sites for hydroxylation is 2. The van der Waals surface area contributed by atoms with E-state index in [9.17, 15) is 0 Å². The first kappa shape index (κ1) is 27.1. The Labute approximate surface area is 257 Å². The highest BCUT2D eigenvalue weighted by Crippen LogP contribution is 2.42. The van der Waals surface area contributed by atoms with Crippen LogP contribution in [0.5, 0.6) is 0 Å². The summed E-state index contributed by atoms with van der Waals surface area (Å²) in [6, 6.07) is 38.5. The fraction of sp³-hybridized carbons (Fsp3) is 0.0500. The van der Waals surface area contributed by atoms with Gasteiger partial charge in [-0.15, -0.1) is 0 Å². The Bertz CT molecular complexity index is 1870. The van der Waals surface area contributed by atoms with Crippen molar-refractivity contribution in [3.63, 3.8) is 0 Å². The molecule has 4 aromatic heterocycles. The molecule has 0 N–H and O–H groups in total. The van der Waals surface area contributed by atoms with Crippen LogP contribution in [-0.4, -0.2) is 19.9 Å². The van der Waals surface area contributed by atoms with Crippen molar-refractivity contribution in [2.24, 2.45) is 0 Å². The average Bonchev–Trinajstić information content (AvgIpc) is 3.09. The highest BCUT2D eigenvalue weighted by molar-refractivity contribution is 5.94. The second kappa shape index (κ2) is 11.9. The summed E-state index contributed by atoms with van der Waals surface area (Å²) >= 11 is 0. The zero-order chi connectivity index (χ0) is 29.9. The summed E-state index contributed by atoms with van der Waals surface area (Å²) in [5.41, 5.74) is 15.1. The van der Waals surface area contributed by atoms with Crippen LogP contribution < -0.4 is 0 Å². The summed E-state index contributed by atoms with van der Waals surface area (Å²) in [4.78, 5) is 18.3. The zero-order valence-electron chi connectivity index (χ0n) is 24.6. The summed E-state index contributed by atoms with van der Waals surface area (Å²) in [5, 5.41) is 0. The first-order valence-corrected chi connectivity index (χ1v) is 14.7. The third-order valence-electron chi connectivity index (χ3n) is 7.91. The largest absolute Gasteiger partial charge is 0.264 e. The lowest BCUT2D eigenvalue weighted by molar-refractivity contribution is 1.26. The van der Waals surface area contributed by atoms with Crippen molar-refractivity contribution < 1.29 is 0 Å². The molecule has 0 unspecified atom stereocenters. The van der Waals surface area contributed by atoms with Gasteiger partial charge in [-0.25, -0.2) is 0 Å². The minimum Gasteiger partial charge on any atom is -0.264 e. The third-order valence-corrected chi connectivity index (χ3v) is 7.91. The molecule has 4 heteroatoms. The van der Waals surface area contributed by atoms with Crippen molar-refractivity contribution in [1.82, 2.24) is 19.9 Å². The Morgan fingerprint density at radius 2 is 0.773 bits per heavy atom. The number of pyridine rings is 4. The van der Waals surface area contributed by atoms with Gasteiger partial charge in [-0.3, -0.25) is 19.9 Å². The molecule has 0 fully saturated rings. The van der Waals surface area contributed by atoms with Crippen molar-refractivity contribution in [2.45, 2.75) is 13.8 Å². The van der Waals surface area contributed by atoms with E-state index in [1.165, 1.54) is 0 Å². The predicted molar refractivity (Wildman–Crippen MR) is 180 cm³/mol. The van der Waals surface area contributed by atoms with E-state index in [-0.39, 0.29) is 0 Å². The quantitative estimate of drug-likeness (QED) is 0.201. The second-order valence-electron chi connectivity index (χ2n) is 11.0. The Kier molecular flexibility index (Phi) is 7.31. The molecule has 0 atom stereocenters. The third kappa shape index (κ3) is 5.53. The van der Waals surface area contributed by atoms with Crippen molar-refractivity contribution in [1.29, 1.82) is 0 Å². The summed E-state index contributed by atoms with van der Waals surface area (Å²) in [6.45, 7) is 4.13. The second-order valence-corrected chi connectivity index (χ2v) is 11.0. The molecule has 7 aromatic rings. The maximum Gasteiger partial charge on any atom is 0.0708 e. The number of nitrogens with zero attached hydrogens (tertiary/aromatic N) is 4. The van der Waals surface area contributed by atoms with E-state index in [2.05, 4.69) is 121 Å². The normalized spacial score (nSPS) is 11.0. The first-order valence-electron chi connectivity index (χ1n) is 14.7. The van der Waals surface area contributed by atoms with Crippen molar-refractivity contribution >= 4 is 0 Å². The molecule has 0 aliphatic heterocycles. The monoisotopic (exact) mass is 566 g/mol. The average molecular weight is 567 g/mol. The highest BCUT2D eigenvalue weighted by atomic mass is 14.7. The topological polar surface area (TPSA) is 51.6 Å². The van der Waals surface area contributed by atoms with Gasteiger partial charge in [0.1, 0.15) is 0 Å². The van der Waals surface area contributed by atoms with Crippen LogP contribution in [0, 0.1) is 13.8 Å². The first-order chi connectivity index (χ1) is 21.6. The number of hydrogen-bond acceptors (Lipinski definition) is 4. The minimum atomic E-state index is 0.925. The van der Waals surface area contributed by atoms with Gasteiger partial charge in [0.25, 0.3) is 0 Å². The van der Waals surface area contributed by atoms with E-state index < -0.39 is 0 Å². The highest BCUT2D eigenvalue weighted by Gasteiger charge is 2.18. The van der Waals surface area contributed by atoms with Crippen LogP contribution in [-0.2, 0) is 0 Å². The van der Waals surface area contributed by atoms with Gasteiger partial charge in [0, 0.05) is 48.3 Å². The standard InChI is InChI=1S/C40H30N4/c1-27-7-17-39(43-23-27)37-22-38(40-18-8-28(2)24-44-40)36(32-15-11-30(12-16-32)34-6-4-20-42-26-34)21-35(37)31-13-9-29(10-14-31)33-5-3-19-41-25-33/h3-26H,1-2H3. The molecule has 210 valence electrons. The van der Waals surface area contributed by atoms with Gasteiger partial charge in [-0.2, -0.15) is 0 Å². The molecular weight excluding hydrogens is 536 g/mol. The summed E-state index contributed by atoms with van der Waals surface area (Å²) < 4.78 is 0.